The zero-order valence-electron chi connectivity index (χ0n) is 4.64. The third kappa shape index (κ3) is 0.760. The predicted octanol–water partition coefficient (Wildman–Crippen LogP) is -0.482. The van der Waals surface area contributed by atoms with Crippen molar-refractivity contribution in [1.29, 1.82) is 0 Å². The maximum Gasteiger partial charge on any atom is 0.210 e. The van der Waals surface area contributed by atoms with Gasteiger partial charge in [-0.3, -0.25) is 0 Å². The van der Waals surface area contributed by atoms with Crippen molar-refractivity contribution in [3.05, 3.63) is 5.51 Å². The van der Waals surface area contributed by atoms with Crippen molar-refractivity contribution in [2.45, 2.75) is 0 Å². The lowest BCUT2D eigenvalue weighted by atomic mass is 10.7. The molecule has 0 aliphatic heterocycles. The van der Waals surface area contributed by atoms with Gasteiger partial charge in [-0.2, -0.15) is 0 Å². The molecule has 0 aliphatic rings. The quantitative estimate of drug-likeness (QED) is 0.598. The molecular weight excluding hydrogens is 152 g/mol. The number of H-pyrrole nitrogens is 1. The van der Waals surface area contributed by atoms with E-state index in [1.54, 1.807) is 0 Å². The van der Waals surface area contributed by atoms with Crippen molar-refractivity contribution in [2.75, 3.05) is 0 Å². The summed E-state index contributed by atoms with van der Waals surface area (Å²) in [6.07, 6.45) is 0. The van der Waals surface area contributed by atoms with Crippen LogP contribution in [0.25, 0.3) is 10.8 Å². The van der Waals surface area contributed by atoms with Gasteiger partial charge in [0, 0.05) is 0 Å². The molecule has 2 aromatic heterocycles. The summed E-state index contributed by atoms with van der Waals surface area (Å²) in [6, 6.07) is 0. The van der Waals surface area contributed by atoms with E-state index >= 15 is 0 Å². The van der Waals surface area contributed by atoms with Gasteiger partial charge in [0.05, 0.1) is 0 Å². The molecule has 6 nitrogen and oxygen atoms in total. The number of rotatable bonds is 1. The normalized spacial score (nSPS) is 10.0. The van der Waals surface area contributed by atoms with Crippen LogP contribution >= 0.6 is 11.3 Å². The molecule has 49 valence electrons. The van der Waals surface area contributed by atoms with Crippen molar-refractivity contribution in [1.82, 2.24) is 30.8 Å². The Morgan fingerprint density at radius 2 is 2.40 bits per heavy atom. The minimum Gasteiger partial charge on any atom is -0.237 e. The van der Waals surface area contributed by atoms with E-state index in [9.17, 15) is 0 Å². The standard InChI is InChI=1S/C3HN6S/c1-4-7-3(10-1)2-5-8-9-6-2/h(H,5,6,8,9). The van der Waals surface area contributed by atoms with E-state index in [0.29, 0.717) is 10.8 Å². The number of nitrogens with one attached hydrogen (secondary N) is 1. The second kappa shape index (κ2) is 2.10. The summed E-state index contributed by atoms with van der Waals surface area (Å²) in [5.74, 6) is 0.527. The van der Waals surface area contributed by atoms with Gasteiger partial charge < -0.3 is 0 Å². The van der Waals surface area contributed by atoms with Gasteiger partial charge in [-0.1, -0.05) is 11.3 Å². The number of tetrazole rings is 1. The summed E-state index contributed by atoms with van der Waals surface area (Å²) in [6.45, 7) is 0. The summed E-state index contributed by atoms with van der Waals surface area (Å²) < 4.78 is 0. The molecule has 10 heavy (non-hydrogen) atoms. The van der Waals surface area contributed by atoms with E-state index in [2.05, 4.69) is 36.3 Å². The molecule has 2 rings (SSSR count). The fraction of sp³-hybridized carbons (Fsp3) is 0. The molecule has 0 spiro atoms. The first kappa shape index (κ1) is 5.42. The Hall–Kier alpha value is -1.37. The van der Waals surface area contributed by atoms with Gasteiger partial charge in [-0.15, -0.1) is 15.3 Å². The molecule has 0 bridgehead atoms. The van der Waals surface area contributed by atoms with Crippen LogP contribution in [0.2, 0.25) is 0 Å². The molecule has 2 aromatic rings. The van der Waals surface area contributed by atoms with Gasteiger partial charge in [0.25, 0.3) is 0 Å². The summed E-state index contributed by atoms with van der Waals surface area (Å²) in [5, 5.41) is 20.8. The Morgan fingerprint density at radius 3 is 3.00 bits per heavy atom. The monoisotopic (exact) mass is 153 g/mol. The van der Waals surface area contributed by atoms with Crippen LogP contribution in [-0.2, 0) is 0 Å². The molecule has 0 aliphatic carbocycles. The largest absolute Gasteiger partial charge is 0.237 e. The highest BCUT2D eigenvalue weighted by molar-refractivity contribution is 7.12. The van der Waals surface area contributed by atoms with Crippen LogP contribution in [0.5, 0.6) is 0 Å². The summed E-state index contributed by atoms with van der Waals surface area (Å²) in [5.41, 5.74) is 2.58. The average Bonchev–Trinajstić information content (AvgIpc) is 2.59. The van der Waals surface area contributed by atoms with Gasteiger partial charge in [0.2, 0.25) is 5.82 Å². The Bertz CT molecular complexity index is 252. The first-order valence-corrected chi connectivity index (χ1v) is 3.22. The van der Waals surface area contributed by atoms with E-state index in [0.717, 1.165) is 0 Å². The maximum absolute atomic E-state index is 3.70. The third-order valence-corrected chi connectivity index (χ3v) is 1.51. The third-order valence-electron chi connectivity index (χ3n) is 0.872. The molecule has 1 radical (unpaired) electrons. The fourth-order valence-corrected chi connectivity index (χ4v) is 0.928. The zero-order valence-corrected chi connectivity index (χ0v) is 5.46. The predicted molar refractivity (Wildman–Crippen MR) is 31.9 cm³/mol. The van der Waals surface area contributed by atoms with Crippen LogP contribution in [0.3, 0.4) is 0 Å². The zero-order chi connectivity index (χ0) is 6.81. The second-order valence-electron chi connectivity index (χ2n) is 1.45. The first-order chi connectivity index (χ1) is 4.97. The second-order valence-corrected chi connectivity index (χ2v) is 2.22. The highest BCUT2D eigenvalue weighted by Gasteiger charge is 2.03. The molecule has 0 amide bonds. The first-order valence-electron chi connectivity index (χ1n) is 2.40. The van der Waals surface area contributed by atoms with Gasteiger partial charge >= 0.3 is 0 Å². The number of hydrogen-bond donors (Lipinski definition) is 1. The average molecular weight is 153 g/mol. The fourth-order valence-electron chi connectivity index (χ4n) is 0.495. The van der Waals surface area contributed by atoms with Crippen molar-refractivity contribution < 1.29 is 0 Å². The Balaban J connectivity index is 2.48. The van der Waals surface area contributed by atoms with Crippen LogP contribution < -0.4 is 0 Å². The number of hydrogen-bond acceptors (Lipinski definition) is 6. The van der Waals surface area contributed by atoms with Crippen LogP contribution in [0.15, 0.2) is 0 Å². The lowest BCUT2D eigenvalue weighted by Crippen LogP contribution is -1.78. The van der Waals surface area contributed by atoms with Gasteiger partial charge in [-0.05, 0) is 10.4 Å². The van der Waals surface area contributed by atoms with Crippen LogP contribution in [-0.4, -0.2) is 30.8 Å². The molecule has 0 aromatic carbocycles. The smallest absolute Gasteiger partial charge is 0.210 e. The lowest BCUT2D eigenvalue weighted by molar-refractivity contribution is 0.881. The number of nitrogens with zero attached hydrogens (tertiary/aromatic N) is 5. The molecule has 0 saturated carbocycles. The highest BCUT2D eigenvalue weighted by Crippen LogP contribution is 2.12. The van der Waals surface area contributed by atoms with Gasteiger partial charge in [-0.25, -0.2) is 5.10 Å². The van der Waals surface area contributed by atoms with Crippen molar-refractivity contribution >= 4 is 11.3 Å². The molecule has 2 heterocycles. The Kier molecular flexibility index (Phi) is 1.14. The van der Waals surface area contributed by atoms with Gasteiger partial charge in [0.15, 0.2) is 10.5 Å². The maximum atomic E-state index is 3.70. The minimum atomic E-state index is 0.527. The molecular formula is C3HN6S. The molecule has 1 N–H and O–H groups in total. The van der Waals surface area contributed by atoms with Crippen molar-refractivity contribution in [3.8, 4) is 10.8 Å². The van der Waals surface area contributed by atoms with E-state index in [1.807, 2.05) is 0 Å². The summed E-state index contributed by atoms with van der Waals surface area (Å²) in [7, 11) is 0. The van der Waals surface area contributed by atoms with E-state index in [4.69, 9.17) is 0 Å². The minimum absolute atomic E-state index is 0.527. The Labute approximate surface area is 59.3 Å². The molecule has 0 fully saturated rings. The number of aromatic amines is 1. The number of aromatic nitrogens is 6. The summed E-state index contributed by atoms with van der Waals surface area (Å²) in [4.78, 5) is 0. The van der Waals surface area contributed by atoms with Gasteiger partial charge in [0.1, 0.15) is 0 Å². The molecule has 0 unspecified atom stereocenters. The summed E-state index contributed by atoms with van der Waals surface area (Å²) >= 11 is 1.26. The molecule has 7 heteroatoms. The lowest BCUT2D eigenvalue weighted by Gasteiger charge is -1.77. The van der Waals surface area contributed by atoms with Crippen LogP contribution in [0.4, 0.5) is 0 Å². The highest BCUT2D eigenvalue weighted by atomic mass is 32.1. The van der Waals surface area contributed by atoms with E-state index in [1.165, 1.54) is 11.3 Å². The SMILES string of the molecule is [c]1nnc(-c2nnn[nH]2)s1. The van der Waals surface area contributed by atoms with E-state index < -0.39 is 0 Å². The van der Waals surface area contributed by atoms with Crippen molar-refractivity contribution in [2.24, 2.45) is 0 Å². The molecule has 0 atom stereocenters. The topological polar surface area (TPSA) is 80.2 Å². The Morgan fingerprint density at radius 1 is 1.40 bits per heavy atom. The van der Waals surface area contributed by atoms with E-state index in [-0.39, 0.29) is 0 Å². The van der Waals surface area contributed by atoms with Crippen molar-refractivity contribution in [3.63, 3.8) is 0 Å². The van der Waals surface area contributed by atoms with Crippen LogP contribution in [0.1, 0.15) is 0 Å². The molecule has 0 saturated heterocycles. The van der Waals surface area contributed by atoms with Crippen LogP contribution in [0, 0.1) is 5.51 Å².